The molecule has 0 bridgehead atoms. The zero-order chi connectivity index (χ0) is 33.7. The van der Waals surface area contributed by atoms with Crippen LogP contribution in [0.25, 0.3) is 0 Å². The van der Waals surface area contributed by atoms with Crippen molar-refractivity contribution in [3.8, 4) is 11.5 Å². The zero-order valence-electron chi connectivity index (χ0n) is 23.9. The van der Waals surface area contributed by atoms with E-state index in [4.69, 9.17) is 30.8 Å². The molecule has 0 spiro atoms. The molecule has 19 heteroatoms. The van der Waals surface area contributed by atoms with E-state index in [9.17, 15) is 36.0 Å². The van der Waals surface area contributed by atoms with Crippen LogP contribution >= 0.6 is 0 Å². The number of alkyl halides is 3. The topological polar surface area (TPSA) is 235 Å². The highest BCUT2D eigenvalue weighted by molar-refractivity contribution is 7.92. The number of guanidine groups is 1. The van der Waals surface area contributed by atoms with Crippen LogP contribution < -0.4 is 36.5 Å². The van der Waals surface area contributed by atoms with Crippen molar-refractivity contribution in [3.63, 3.8) is 0 Å². The van der Waals surface area contributed by atoms with Crippen molar-refractivity contribution in [1.82, 2.24) is 9.88 Å². The number of rotatable bonds is 14. The van der Waals surface area contributed by atoms with Gasteiger partial charge in [0.2, 0.25) is 5.91 Å². The van der Waals surface area contributed by atoms with Crippen LogP contribution in [0.4, 0.5) is 18.9 Å². The molecule has 244 valence electrons. The van der Waals surface area contributed by atoms with E-state index in [2.05, 4.69) is 15.0 Å². The fraction of sp³-hybridized carbons (Fsp3) is 0.400. The largest absolute Gasteiger partial charge is 0.497 e. The summed E-state index contributed by atoms with van der Waals surface area (Å²) in [4.78, 5) is 49.7. The highest BCUT2D eigenvalue weighted by Crippen LogP contribution is 2.29. The Kier molecular flexibility index (Phi) is 14.1. The molecular weight excluding hydrogens is 617 g/mol. The number of pyridine rings is 1. The lowest BCUT2D eigenvalue weighted by Gasteiger charge is -2.17. The van der Waals surface area contributed by atoms with Gasteiger partial charge in [-0.15, -0.1) is 0 Å². The molecule has 0 aliphatic rings. The van der Waals surface area contributed by atoms with Crippen molar-refractivity contribution in [2.75, 3.05) is 25.5 Å². The Morgan fingerprint density at radius 1 is 1.16 bits per heavy atom. The van der Waals surface area contributed by atoms with E-state index in [-0.39, 0.29) is 28.0 Å². The van der Waals surface area contributed by atoms with Crippen LogP contribution in [-0.2, 0) is 37.4 Å². The minimum absolute atomic E-state index is 0.0536. The smallest absolute Gasteiger partial charge is 0.490 e. The number of carbonyl (C=O) groups excluding carboxylic acids is 2. The molecule has 1 amide bonds. The average Bonchev–Trinajstić information content (AvgIpc) is 2.96. The number of aliphatic carboxylic acids is 1. The van der Waals surface area contributed by atoms with Crippen LogP contribution in [0.3, 0.4) is 0 Å². The van der Waals surface area contributed by atoms with Gasteiger partial charge < -0.3 is 40.7 Å². The van der Waals surface area contributed by atoms with Gasteiger partial charge in [-0.1, -0.05) is 6.92 Å². The number of carboxylic acid groups (broad SMARTS) is 1. The van der Waals surface area contributed by atoms with Gasteiger partial charge >= 0.3 is 12.1 Å². The van der Waals surface area contributed by atoms with Gasteiger partial charge in [0.1, 0.15) is 34.9 Å². The lowest BCUT2D eigenvalue weighted by molar-refractivity contribution is -0.192. The van der Waals surface area contributed by atoms with Gasteiger partial charge in [-0.3, -0.25) is 19.3 Å². The number of anilines is 1. The Hall–Kier alpha value is -4.81. The minimum atomic E-state index is -5.08. The fourth-order valence-corrected chi connectivity index (χ4v) is 4.70. The summed E-state index contributed by atoms with van der Waals surface area (Å²) in [6, 6.07) is 6.30. The number of nitrogens with one attached hydrogen (secondary N) is 2. The van der Waals surface area contributed by atoms with Gasteiger partial charge in [0.05, 0.1) is 20.3 Å². The van der Waals surface area contributed by atoms with E-state index < -0.39 is 46.2 Å². The number of hydrogen-bond donors (Lipinski definition) is 5. The Morgan fingerprint density at radius 3 is 2.30 bits per heavy atom. The number of aryl methyl sites for hydroxylation is 1. The second-order valence-electron chi connectivity index (χ2n) is 8.67. The first-order valence-corrected chi connectivity index (χ1v) is 14.1. The number of hydrogen-bond acceptors (Lipinski definition) is 9. The van der Waals surface area contributed by atoms with Gasteiger partial charge in [-0.25, -0.2) is 13.2 Å². The third-order valence-electron chi connectivity index (χ3n) is 5.55. The number of carboxylic acids is 1. The van der Waals surface area contributed by atoms with E-state index in [1.165, 1.54) is 38.5 Å². The third kappa shape index (κ3) is 11.5. The molecule has 44 heavy (non-hydrogen) atoms. The SMILES string of the molecule is CCc1ccc(NS(=O)(=O)c2cc(OC)ccc2OC)c(=O)n1CC(=O)N[C@H](C=O)CCCN=C(N)N.O=C(O)C(F)(F)F. The minimum Gasteiger partial charge on any atom is -0.497 e. The van der Waals surface area contributed by atoms with E-state index in [1.54, 1.807) is 13.0 Å². The van der Waals surface area contributed by atoms with Gasteiger partial charge in [-0.2, -0.15) is 13.2 Å². The summed E-state index contributed by atoms with van der Waals surface area (Å²) < 4.78 is 71.6. The maximum absolute atomic E-state index is 13.2. The number of halogens is 3. The predicted molar refractivity (Wildman–Crippen MR) is 152 cm³/mol. The molecule has 2 aromatic rings. The molecule has 1 heterocycles. The van der Waals surface area contributed by atoms with Crippen molar-refractivity contribution in [2.45, 2.75) is 49.8 Å². The van der Waals surface area contributed by atoms with E-state index >= 15 is 0 Å². The molecule has 0 unspecified atom stereocenters. The molecule has 0 radical (unpaired) electrons. The Morgan fingerprint density at radius 2 is 1.80 bits per heavy atom. The monoisotopic (exact) mass is 650 g/mol. The number of benzene rings is 1. The molecule has 15 nitrogen and oxygen atoms in total. The number of ether oxygens (including phenoxy) is 2. The molecular formula is C25H33F3N6O9S. The molecule has 0 aliphatic heterocycles. The first kappa shape index (κ1) is 37.2. The number of nitrogens with two attached hydrogens (primary N) is 2. The number of aldehydes is 1. The molecule has 1 aromatic heterocycles. The standard InChI is InChI=1S/C23H32N6O7S.C2HF3O2/c1-4-16-7-9-18(28-37(33,34)20-12-17(35-2)8-10-19(20)36-3)22(32)29(16)13-21(31)27-15(14-30)6-5-11-26-23(24)25;3-2(4,5)1(6)7/h7-10,12,14-15,28H,4-6,11,13H2,1-3H3,(H,27,31)(H4,24,25,26);(H,6,7)/t15-;/m0./s1. The summed E-state index contributed by atoms with van der Waals surface area (Å²) in [6.45, 7) is 1.66. The summed E-state index contributed by atoms with van der Waals surface area (Å²) in [5, 5.41) is 9.68. The molecule has 0 aliphatic carbocycles. The van der Waals surface area contributed by atoms with E-state index in [1.807, 2.05) is 0 Å². The van der Waals surface area contributed by atoms with Crippen LogP contribution in [0.2, 0.25) is 0 Å². The second-order valence-corrected chi connectivity index (χ2v) is 10.3. The summed E-state index contributed by atoms with van der Waals surface area (Å²) in [6.07, 6.45) is -3.35. The van der Waals surface area contributed by atoms with Crippen LogP contribution in [0, 0.1) is 0 Å². The fourth-order valence-electron chi connectivity index (χ4n) is 3.46. The Bertz CT molecular complexity index is 1510. The van der Waals surface area contributed by atoms with Crippen LogP contribution in [0.1, 0.15) is 25.5 Å². The highest BCUT2D eigenvalue weighted by atomic mass is 32.2. The highest BCUT2D eigenvalue weighted by Gasteiger charge is 2.38. The van der Waals surface area contributed by atoms with Crippen LogP contribution in [0.5, 0.6) is 11.5 Å². The van der Waals surface area contributed by atoms with Gasteiger partial charge in [0.25, 0.3) is 15.6 Å². The number of amides is 1. The lowest BCUT2D eigenvalue weighted by Crippen LogP contribution is -2.41. The summed E-state index contributed by atoms with van der Waals surface area (Å²) >= 11 is 0. The lowest BCUT2D eigenvalue weighted by atomic mass is 10.1. The summed E-state index contributed by atoms with van der Waals surface area (Å²) in [5.74, 6) is -3.09. The molecule has 1 aromatic carbocycles. The molecule has 0 saturated carbocycles. The molecule has 1 atom stereocenters. The van der Waals surface area contributed by atoms with Gasteiger partial charge in [0.15, 0.2) is 5.96 Å². The maximum atomic E-state index is 13.2. The van der Waals surface area contributed by atoms with E-state index in [0.29, 0.717) is 37.8 Å². The number of aromatic nitrogens is 1. The summed E-state index contributed by atoms with van der Waals surface area (Å²) in [7, 11) is -1.56. The van der Waals surface area contributed by atoms with Gasteiger partial charge in [0, 0.05) is 18.3 Å². The van der Waals surface area contributed by atoms with Crippen LogP contribution in [0.15, 0.2) is 45.0 Å². The third-order valence-corrected chi connectivity index (χ3v) is 6.94. The van der Waals surface area contributed by atoms with Crippen molar-refractivity contribution in [1.29, 1.82) is 0 Å². The number of nitrogens with zero attached hydrogens (tertiary/aromatic N) is 2. The first-order valence-electron chi connectivity index (χ1n) is 12.6. The number of aliphatic imine (C=N–C) groups is 1. The van der Waals surface area contributed by atoms with Crippen LogP contribution in [-0.4, -0.2) is 75.2 Å². The van der Waals surface area contributed by atoms with Crippen molar-refractivity contribution < 1.29 is 50.6 Å². The number of carbonyl (C=O) groups is 3. The van der Waals surface area contributed by atoms with Gasteiger partial charge in [-0.05, 0) is 43.5 Å². The first-order chi connectivity index (χ1) is 20.5. The van der Waals surface area contributed by atoms with Crippen molar-refractivity contribution in [3.05, 3.63) is 46.4 Å². The molecule has 0 saturated heterocycles. The van der Waals surface area contributed by atoms with Crippen molar-refractivity contribution in [2.24, 2.45) is 16.5 Å². The molecule has 7 N–H and O–H groups in total. The summed E-state index contributed by atoms with van der Waals surface area (Å²) in [5.41, 5.74) is 10.0. The molecule has 2 rings (SSSR count). The maximum Gasteiger partial charge on any atom is 0.490 e. The Labute approximate surface area is 250 Å². The average molecular weight is 651 g/mol. The zero-order valence-corrected chi connectivity index (χ0v) is 24.7. The Balaban J connectivity index is 0.00000123. The predicted octanol–water partition coefficient (Wildman–Crippen LogP) is 0.599. The quantitative estimate of drug-likeness (QED) is 0.0822. The van der Waals surface area contributed by atoms with Crippen molar-refractivity contribution >= 4 is 39.8 Å². The second kappa shape index (κ2) is 16.7. The molecule has 0 fully saturated rings. The van der Waals surface area contributed by atoms with E-state index in [0.717, 1.165) is 4.57 Å². The number of methoxy groups -OCH3 is 2. The number of sulfonamides is 1. The normalized spacial score (nSPS) is 11.7.